The summed E-state index contributed by atoms with van der Waals surface area (Å²) in [6.45, 7) is 0. The molecule has 0 aliphatic rings. The highest BCUT2D eigenvalue weighted by Gasteiger charge is 2.16. The standard InChI is InChI=1S/C16H11N4O/c1-20-14-5-3-2-4-11(14)12(8-17)15(20)10-6-7-13(16(18)21)19-9-10/h2-6,9H,1H3,(H2,18,21). The molecule has 0 unspecified atom stereocenters. The molecule has 0 spiro atoms. The minimum atomic E-state index is -0.626. The molecular weight excluding hydrogens is 264 g/mol. The smallest absolute Gasteiger partial charge is 0.267 e. The molecule has 1 aromatic carbocycles. The SMILES string of the molecule is Cn1c(-c2c[c]c(C(N)=O)nc2)c(C#N)c2ccccc21. The molecule has 1 amide bonds. The van der Waals surface area contributed by atoms with Crippen LogP contribution in [0, 0.1) is 17.4 Å². The lowest BCUT2D eigenvalue weighted by Gasteiger charge is -2.05. The van der Waals surface area contributed by atoms with E-state index in [2.05, 4.69) is 17.1 Å². The van der Waals surface area contributed by atoms with E-state index in [1.807, 2.05) is 35.9 Å². The molecule has 5 nitrogen and oxygen atoms in total. The van der Waals surface area contributed by atoms with Crippen LogP contribution in [0.25, 0.3) is 22.2 Å². The number of hydrogen-bond acceptors (Lipinski definition) is 3. The monoisotopic (exact) mass is 275 g/mol. The zero-order valence-electron chi connectivity index (χ0n) is 11.3. The molecule has 0 atom stereocenters. The van der Waals surface area contributed by atoms with Crippen LogP contribution in [0.5, 0.6) is 0 Å². The van der Waals surface area contributed by atoms with E-state index in [0.717, 1.165) is 22.2 Å². The van der Waals surface area contributed by atoms with Gasteiger partial charge in [-0.1, -0.05) is 18.2 Å². The molecule has 21 heavy (non-hydrogen) atoms. The summed E-state index contributed by atoms with van der Waals surface area (Å²) in [5.41, 5.74) is 8.25. The molecule has 2 aromatic heterocycles. The van der Waals surface area contributed by atoms with E-state index in [9.17, 15) is 10.1 Å². The number of aryl methyl sites for hydroxylation is 1. The van der Waals surface area contributed by atoms with Gasteiger partial charge < -0.3 is 10.3 Å². The Morgan fingerprint density at radius 1 is 1.43 bits per heavy atom. The van der Waals surface area contributed by atoms with E-state index in [4.69, 9.17) is 5.73 Å². The molecule has 3 rings (SSSR count). The first-order chi connectivity index (χ1) is 10.1. The van der Waals surface area contributed by atoms with Crippen molar-refractivity contribution in [2.45, 2.75) is 0 Å². The van der Waals surface area contributed by atoms with Crippen LogP contribution in [0.2, 0.25) is 0 Å². The van der Waals surface area contributed by atoms with Crippen LogP contribution < -0.4 is 5.73 Å². The predicted molar refractivity (Wildman–Crippen MR) is 78.2 cm³/mol. The summed E-state index contributed by atoms with van der Waals surface area (Å²) < 4.78 is 1.93. The molecule has 3 aromatic rings. The molecule has 2 heterocycles. The maximum Gasteiger partial charge on any atom is 0.267 e. The summed E-state index contributed by atoms with van der Waals surface area (Å²) in [6, 6.07) is 14.3. The minimum Gasteiger partial charge on any atom is -0.364 e. The molecule has 0 aliphatic heterocycles. The zero-order valence-corrected chi connectivity index (χ0v) is 11.3. The summed E-state index contributed by atoms with van der Waals surface area (Å²) in [4.78, 5) is 15.0. The van der Waals surface area contributed by atoms with Crippen molar-refractivity contribution in [2.24, 2.45) is 12.8 Å². The van der Waals surface area contributed by atoms with Crippen molar-refractivity contribution in [1.29, 1.82) is 5.26 Å². The number of hydrogen-bond donors (Lipinski definition) is 1. The van der Waals surface area contributed by atoms with Crippen molar-refractivity contribution in [3.8, 4) is 17.3 Å². The number of rotatable bonds is 2. The van der Waals surface area contributed by atoms with Gasteiger partial charge >= 0.3 is 0 Å². The van der Waals surface area contributed by atoms with Gasteiger partial charge in [0.05, 0.1) is 11.3 Å². The number of benzene rings is 1. The third kappa shape index (κ3) is 1.94. The number of nitrogens with two attached hydrogens (primary N) is 1. The molecule has 0 bridgehead atoms. The molecular formula is C16H11N4O. The second-order valence-corrected chi connectivity index (χ2v) is 4.63. The molecule has 0 fully saturated rings. The van der Waals surface area contributed by atoms with Gasteiger partial charge in [-0.05, 0) is 12.1 Å². The Kier molecular flexibility index (Phi) is 2.92. The number of carbonyl (C=O) groups excluding carboxylic acids is 1. The first kappa shape index (κ1) is 12.9. The fourth-order valence-corrected chi connectivity index (χ4v) is 2.46. The van der Waals surface area contributed by atoms with Crippen molar-refractivity contribution >= 4 is 16.8 Å². The Labute approximate surface area is 121 Å². The van der Waals surface area contributed by atoms with E-state index >= 15 is 0 Å². The second-order valence-electron chi connectivity index (χ2n) is 4.63. The molecule has 0 saturated heterocycles. The predicted octanol–water partition coefficient (Wildman–Crippen LogP) is 2.01. The van der Waals surface area contributed by atoms with Crippen LogP contribution in [0.1, 0.15) is 16.1 Å². The maximum absolute atomic E-state index is 11.1. The van der Waals surface area contributed by atoms with E-state index < -0.39 is 5.91 Å². The van der Waals surface area contributed by atoms with Gasteiger partial charge in [0.25, 0.3) is 5.91 Å². The van der Waals surface area contributed by atoms with Gasteiger partial charge in [-0.2, -0.15) is 5.26 Å². The normalized spacial score (nSPS) is 10.5. The second kappa shape index (κ2) is 4.76. The maximum atomic E-state index is 11.1. The summed E-state index contributed by atoms with van der Waals surface area (Å²) >= 11 is 0. The number of fused-ring (bicyclic) bond motifs is 1. The van der Waals surface area contributed by atoms with Crippen molar-refractivity contribution < 1.29 is 4.79 Å². The number of amides is 1. The number of aromatic nitrogens is 2. The third-order valence-corrected chi connectivity index (χ3v) is 3.42. The van der Waals surface area contributed by atoms with Gasteiger partial charge in [0.2, 0.25) is 0 Å². The van der Waals surface area contributed by atoms with Crippen molar-refractivity contribution in [1.82, 2.24) is 9.55 Å². The van der Waals surface area contributed by atoms with Gasteiger partial charge in [0, 0.05) is 35.8 Å². The molecule has 0 aliphatic carbocycles. The van der Waals surface area contributed by atoms with Crippen LogP contribution in [0.4, 0.5) is 0 Å². The average Bonchev–Trinajstić information content (AvgIpc) is 2.80. The van der Waals surface area contributed by atoms with Crippen LogP contribution >= 0.6 is 0 Å². The van der Waals surface area contributed by atoms with Crippen molar-refractivity contribution in [3.05, 3.63) is 53.9 Å². The first-order valence-electron chi connectivity index (χ1n) is 6.29. The largest absolute Gasteiger partial charge is 0.364 e. The Hall–Kier alpha value is -3.13. The third-order valence-electron chi connectivity index (χ3n) is 3.42. The number of primary amides is 1. The number of pyridine rings is 1. The van der Waals surface area contributed by atoms with Gasteiger partial charge in [-0.15, -0.1) is 0 Å². The number of nitrogens with zero attached hydrogens (tertiary/aromatic N) is 3. The number of carbonyl (C=O) groups is 1. The average molecular weight is 275 g/mol. The summed E-state index contributed by atoms with van der Waals surface area (Å²) in [7, 11) is 1.89. The van der Waals surface area contributed by atoms with Gasteiger partial charge in [-0.3, -0.25) is 4.79 Å². The first-order valence-corrected chi connectivity index (χ1v) is 6.29. The highest BCUT2D eigenvalue weighted by Crippen LogP contribution is 2.31. The van der Waals surface area contributed by atoms with Crippen LogP contribution in [-0.4, -0.2) is 15.5 Å². The highest BCUT2D eigenvalue weighted by molar-refractivity contribution is 5.95. The summed E-state index contributed by atoms with van der Waals surface area (Å²) in [5.74, 6) is -0.626. The lowest BCUT2D eigenvalue weighted by Crippen LogP contribution is -2.12. The topological polar surface area (TPSA) is 84.7 Å². The van der Waals surface area contributed by atoms with Crippen LogP contribution in [-0.2, 0) is 7.05 Å². The Balaban J connectivity index is 2.27. The fourth-order valence-electron chi connectivity index (χ4n) is 2.46. The van der Waals surface area contributed by atoms with Gasteiger partial charge in [-0.25, -0.2) is 4.98 Å². The lowest BCUT2D eigenvalue weighted by molar-refractivity contribution is 0.0995. The van der Waals surface area contributed by atoms with E-state index in [1.54, 1.807) is 6.07 Å². The van der Waals surface area contributed by atoms with Crippen molar-refractivity contribution in [3.63, 3.8) is 0 Å². The molecule has 0 saturated carbocycles. The zero-order chi connectivity index (χ0) is 15.0. The van der Waals surface area contributed by atoms with Crippen molar-refractivity contribution in [2.75, 3.05) is 0 Å². The van der Waals surface area contributed by atoms with E-state index in [-0.39, 0.29) is 5.69 Å². The summed E-state index contributed by atoms with van der Waals surface area (Å²) in [6.07, 6.45) is 1.53. The van der Waals surface area contributed by atoms with E-state index in [0.29, 0.717) is 5.56 Å². The Morgan fingerprint density at radius 3 is 2.81 bits per heavy atom. The van der Waals surface area contributed by atoms with Gasteiger partial charge in [0.1, 0.15) is 11.8 Å². The van der Waals surface area contributed by atoms with Crippen LogP contribution in [0.3, 0.4) is 0 Å². The highest BCUT2D eigenvalue weighted by atomic mass is 16.1. The molecule has 1 radical (unpaired) electrons. The molecule has 101 valence electrons. The lowest BCUT2D eigenvalue weighted by atomic mass is 10.1. The van der Waals surface area contributed by atoms with Gasteiger partial charge in [0.15, 0.2) is 0 Å². The Bertz CT molecular complexity index is 885. The fraction of sp³-hybridized carbons (Fsp3) is 0.0625. The number of para-hydroxylation sites is 1. The van der Waals surface area contributed by atoms with E-state index in [1.165, 1.54) is 6.20 Å². The summed E-state index contributed by atoms with van der Waals surface area (Å²) in [5, 5.41) is 10.4. The minimum absolute atomic E-state index is 0.0796. The Morgan fingerprint density at radius 2 is 2.19 bits per heavy atom. The molecule has 2 N–H and O–H groups in total. The number of nitriles is 1. The van der Waals surface area contributed by atoms with Crippen LogP contribution in [0.15, 0.2) is 36.5 Å². The molecule has 5 heteroatoms. The quantitative estimate of drug-likeness (QED) is 0.776.